The summed E-state index contributed by atoms with van der Waals surface area (Å²) in [6.45, 7) is 3.07. The molecule has 2 aromatic rings. The van der Waals surface area contributed by atoms with Gasteiger partial charge in [0.1, 0.15) is 0 Å². The number of nitrogens with two attached hydrogens (primary N) is 1. The van der Waals surface area contributed by atoms with E-state index in [0.717, 1.165) is 11.4 Å². The van der Waals surface area contributed by atoms with Crippen molar-refractivity contribution in [2.24, 2.45) is 5.73 Å². The number of rotatable bonds is 5. The predicted octanol–water partition coefficient (Wildman–Crippen LogP) is 1.10. The Morgan fingerprint density at radius 2 is 2.28 bits per heavy atom. The van der Waals surface area contributed by atoms with E-state index in [1.165, 1.54) is 23.5 Å². The van der Waals surface area contributed by atoms with E-state index in [-0.39, 0.29) is 23.4 Å². The number of carbonyl (C=O) groups excluding carboxylic acids is 1. The van der Waals surface area contributed by atoms with Gasteiger partial charge in [0.05, 0.1) is 22.1 Å². The van der Waals surface area contributed by atoms with Crippen LogP contribution in [-0.2, 0) is 16.6 Å². The number of aromatic nitrogens is 1. The lowest BCUT2D eigenvalue weighted by atomic mass is 10.2. The van der Waals surface area contributed by atoms with Gasteiger partial charge in [-0.3, -0.25) is 4.79 Å². The first-order valence-electron chi connectivity index (χ1n) is 7.91. The highest BCUT2D eigenvalue weighted by atomic mass is 32.2. The predicted molar refractivity (Wildman–Crippen MR) is 95.8 cm³/mol. The summed E-state index contributed by atoms with van der Waals surface area (Å²) in [6.07, 6.45) is 0.762. The zero-order valence-electron chi connectivity index (χ0n) is 13.8. The summed E-state index contributed by atoms with van der Waals surface area (Å²) >= 11 is 1.47. The van der Waals surface area contributed by atoms with Crippen molar-refractivity contribution in [1.82, 2.24) is 14.6 Å². The maximum absolute atomic E-state index is 12.5. The van der Waals surface area contributed by atoms with Crippen molar-refractivity contribution in [2.45, 2.75) is 30.8 Å². The molecule has 1 aliphatic heterocycles. The Balaban J connectivity index is 1.74. The third-order valence-electron chi connectivity index (χ3n) is 4.01. The second kappa shape index (κ2) is 7.20. The second-order valence-corrected chi connectivity index (χ2v) is 8.84. The lowest BCUT2D eigenvalue weighted by Crippen LogP contribution is -2.32. The molecule has 1 aromatic heterocycles. The van der Waals surface area contributed by atoms with E-state index < -0.39 is 10.0 Å². The van der Waals surface area contributed by atoms with Gasteiger partial charge in [-0.05, 0) is 31.5 Å². The quantitative estimate of drug-likeness (QED) is 0.808. The summed E-state index contributed by atoms with van der Waals surface area (Å²) in [5, 5.41) is 2.69. The number of hydrogen-bond donors (Lipinski definition) is 2. The van der Waals surface area contributed by atoms with Gasteiger partial charge in [0.15, 0.2) is 0 Å². The number of benzene rings is 1. The summed E-state index contributed by atoms with van der Waals surface area (Å²) in [7, 11) is -3.72. The molecule has 0 saturated carbocycles. The van der Waals surface area contributed by atoms with Crippen LogP contribution < -0.4 is 10.5 Å². The summed E-state index contributed by atoms with van der Waals surface area (Å²) in [4.78, 5) is 18.5. The summed E-state index contributed by atoms with van der Waals surface area (Å²) < 4.78 is 27.5. The maximum Gasteiger partial charge on any atom is 0.253 e. The zero-order chi connectivity index (χ0) is 18.0. The molecule has 134 valence electrons. The van der Waals surface area contributed by atoms with Crippen molar-refractivity contribution in [2.75, 3.05) is 13.1 Å². The highest BCUT2D eigenvalue weighted by Gasteiger charge is 2.25. The lowest BCUT2D eigenvalue weighted by molar-refractivity contribution is 0.0790. The van der Waals surface area contributed by atoms with Crippen molar-refractivity contribution in [3.63, 3.8) is 0 Å². The first-order chi connectivity index (χ1) is 11.8. The summed E-state index contributed by atoms with van der Waals surface area (Å²) in [5.41, 5.74) is 6.85. The minimum Gasteiger partial charge on any atom is -0.337 e. The molecule has 1 amide bonds. The first-order valence-corrected chi connectivity index (χ1v) is 10.3. The second-order valence-electron chi connectivity index (χ2n) is 6.01. The summed E-state index contributed by atoms with van der Waals surface area (Å²) in [5.74, 6) is -0.194. The van der Waals surface area contributed by atoms with Crippen LogP contribution >= 0.6 is 11.3 Å². The molecule has 0 aliphatic carbocycles. The minimum absolute atomic E-state index is 0.0147. The van der Waals surface area contributed by atoms with Gasteiger partial charge in [-0.1, -0.05) is 6.07 Å². The standard InChI is InChI=1S/C16H20N4O3S2/c1-11-19-14(10-24-11)8-18-25(22,23)15-4-2-3-12(7-15)16(21)20-6-5-13(17)9-20/h2-4,7,10,13,18H,5-6,8-9,17H2,1H3/t13-/m0/s1. The number of carbonyl (C=O) groups is 1. The largest absolute Gasteiger partial charge is 0.337 e. The maximum atomic E-state index is 12.5. The van der Waals surface area contributed by atoms with Crippen molar-refractivity contribution in [3.05, 3.63) is 45.9 Å². The minimum atomic E-state index is -3.72. The number of likely N-dealkylation sites (tertiary alicyclic amines) is 1. The van der Waals surface area contributed by atoms with Gasteiger partial charge in [-0.15, -0.1) is 11.3 Å². The van der Waals surface area contributed by atoms with Gasteiger partial charge in [-0.25, -0.2) is 18.1 Å². The molecule has 1 aromatic carbocycles. The number of thiazole rings is 1. The van der Waals surface area contributed by atoms with E-state index in [1.807, 2.05) is 12.3 Å². The average Bonchev–Trinajstić information content (AvgIpc) is 3.21. The molecule has 1 fully saturated rings. The molecule has 3 rings (SSSR count). The molecule has 0 spiro atoms. The van der Waals surface area contributed by atoms with E-state index in [1.54, 1.807) is 17.0 Å². The fraction of sp³-hybridized carbons (Fsp3) is 0.375. The molecule has 1 saturated heterocycles. The fourth-order valence-corrected chi connectivity index (χ4v) is 4.35. The number of sulfonamides is 1. The van der Waals surface area contributed by atoms with Gasteiger partial charge in [0.25, 0.3) is 5.91 Å². The molecule has 7 nitrogen and oxygen atoms in total. The third kappa shape index (κ3) is 4.24. The summed E-state index contributed by atoms with van der Waals surface area (Å²) in [6, 6.07) is 6.06. The number of hydrogen-bond acceptors (Lipinski definition) is 6. The Labute approximate surface area is 150 Å². The molecule has 2 heterocycles. The Kier molecular flexibility index (Phi) is 5.19. The first kappa shape index (κ1) is 18.0. The molecule has 1 atom stereocenters. The van der Waals surface area contributed by atoms with Gasteiger partial charge in [-0.2, -0.15) is 0 Å². The van der Waals surface area contributed by atoms with Crippen LogP contribution in [0.25, 0.3) is 0 Å². The highest BCUT2D eigenvalue weighted by molar-refractivity contribution is 7.89. The Bertz CT molecular complexity index is 879. The van der Waals surface area contributed by atoms with Crippen LogP contribution in [0.2, 0.25) is 0 Å². The van der Waals surface area contributed by atoms with Crippen molar-refractivity contribution < 1.29 is 13.2 Å². The molecule has 1 aliphatic rings. The SMILES string of the molecule is Cc1nc(CNS(=O)(=O)c2cccc(C(=O)N3CC[C@H](N)C3)c2)cs1. The molecule has 0 unspecified atom stereocenters. The molecule has 0 radical (unpaired) electrons. The molecule has 3 N–H and O–H groups in total. The van der Waals surface area contributed by atoms with E-state index >= 15 is 0 Å². The number of aryl methyl sites for hydroxylation is 1. The van der Waals surface area contributed by atoms with Gasteiger partial charge in [0.2, 0.25) is 10.0 Å². The molecule has 25 heavy (non-hydrogen) atoms. The van der Waals surface area contributed by atoms with Crippen molar-refractivity contribution in [1.29, 1.82) is 0 Å². The van der Waals surface area contributed by atoms with E-state index in [9.17, 15) is 13.2 Å². The highest BCUT2D eigenvalue weighted by Crippen LogP contribution is 2.17. The van der Waals surface area contributed by atoms with Gasteiger partial charge < -0.3 is 10.6 Å². The Morgan fingerprint density at radius 1 is 1.48 bits per heavy atom. The van der Waals surface area contributed by atoms with Crippen molar-refractivity contribution in [3.8, 4) is 0 Å². The van der Waals surface area contributed by atoms with E-state index in [0.29, 0.717) is 24.3 Å². The van der Waals surface area contributed by atoms with E-state index in [2.05, 4.69) is 9.71 Å². The van der Waals surface area contributed by atoms with Crippen LogP contribution in [0, 0.1) is 6.92 Å². The average molecular weight is 380 g/mol. The van der Waals surface area contributed by atoms with Gasteiger partial charge >= 0.3 is 0 Å². The topological polar surface area (TPSA) is 105 Å². The van der Waals surface area contributed by atoms with Crippen LogP contribution in [-0.4, -0.2) is 43.3 Å². The molecule has 0 bridgehead atoms. The molecular weight excluding hydrogens is 360 g/mol. The van der Waals surface area contributed by atoms with Crippen LogP contribution in [0.5, 0.6) is 0 Å². The fourth-order valence-electron chi connectivity index (χ4n) is 2.69. The number of amides is 1. The number of nitrogens with zero attached hydrogens (tertiary/aromatic N) is 2. The van der Waals surface area contributed by atoms with Crippen molar-refractivity contribution >= 4 is 27.3 Å². The molecular formula is C16H20N4O3S2. The van der Waals surface area contributed by atoms with Gasteiger partial charge in [0, 0.05) is 30.1 Å². The van der Waals surface area contributed by atoms with E-state index in [4.69, 9.17) is 5.73 Å². The van der Waals surface area contributed by atoms with Crippen LogP contribution in [0.15, 0.2) is 34.5 Å². The lowest BCUT2D eigenvalue weighted by Gasteiger charge is -2.16. The monoisotopic (exact) mass is 380 g/mol. The van der Waals surface area contributed by atoms with Crippen LogP contribution in [0.3, 0.4) is 0 Å². The number of nitrogens with one attached hydrogen (secondary N) is 1. The van der Waals surface area contributed by atoms with Crippen LogP contribution in [0.4, 0.5) is 0 Å². The third-order valence-corrected chi connectivity index (χ3v) is 6.23. The normalized spacial score (nSPS) is 17.8. The smallest absolute Gasteiger partial charge is 0.253 e. The van der Waals surface area contributed by atoms with Crippen LogP contribution in [0.1, 0.15) is 27.5 Å². The Hall–Kier alpha value is -1.81. The molecule has 9 heteroatoms. The Morgan fingerprint density at radius 3 is 2.92 bits per heavy atom. The zero-order valence-corrected chi connectivity index (χ0v) is 15.4.